The number of rotatable bonds is 7. The molecule has 0 N–H and O–H groups in total. The molecule has 0 atom stereocenters. The van der Waals surface area contributed by atoms with Gasteiger partial charge in [0.1, 0.15) is 22.1 Å². The highest BCUT2D eigenvalue weighted by Crippen LogP contribution is 2.33. The summed E-state index contributed by atoms with van der Waals surface area (Å²) in [6.07, 6.45) is 6.06. The molecule has 3 heterocycles. The van der Waals surface area contributed by atoms with Gasteiger partial charge >= 0.3 is 0 Å². The third kappa shape index (κ3) is 5.80. The van der Waals surface area contributed by atoms with E-state index in [-0.39, 0.29) is 27.0 Å². The molecule has 3 aromatic heterocycles. The van der Waals surface area contributed by atoms with Crippen LogP contribution in [0.4, 0.5) is 5.69 Å². The van der Waals surface area contributed by atoms with Gasteiger partial charge in [0.2, 0.25) is 0 Å². The Hall–Kier alpha value is -4.34. The average molecular weight is 548 g/mol. The van der Waals surface area contributed by atoms with Crippen LogP contribution in [0.3, 0.4) is 0 Å². The first kappa shape index (κ1) is 26.7. The second-order valence-electron chi connectivity index (χ2n) is 9.07. The summed E-state index contributed by atoms with van der Waals surface area (Å²) in [4.78, 5) is 46.3. The van der Waals surface area contributed by atoms with E-state index in [1.54, 1.807) is 63.5 Å². The maximum absolute atomic E-state index is 13.5. The summed E-state index contributed by atoms with van der Waals surface area (Å²) in [7, 11) is 0. The molecule has 38 heavy (non-hydrogen) atoms. The Morgan fingerprint density at radius 3 is 2.61 bits per heavy atom. The fraction of sp³-hybridized carbons (Fsp3) is 0.192. The smallest absolute Gasteiger partial charge is 0.283 e. The average Bonchev–Trinajstić information content (AvgIpc) is 3.50. The van der Waals surface area contributed by atoms with Gasteiger partial charge in [-0.05, 0) is 47.7 Å². The lowest BCUT2D eigenvalue weighted by molar-refractivity contribution is -0.387. The van der Waals surface area contributed by atoms with Crippen molar-refractivity contribution in [1.82, 2.24) is 14.5 Å². The standard InChI is InChI=1S/C26H21N5O5S2/c1-26(2,3)22(32)18(14-27)24-30(15-17-6-4-11-36-17)23(33)21(37-24)13-16-7-8-20(19(12-16)31(34)35)38-25-28-9-5-10-29-25/h4-13H,15H2,1-3H3. The van der Waals surface area contributed by atoms with E-state index in [9.17, 15) is 25.0 Å². The normalized spacial score (nSPS) is 12.7. The Kier molecular flexibility index (Phi) is 7.70. The van der Waals surface area contributed by atoms with Crippen molar-refractivity contribution in [3.8, 4) is 6.07 Å². The van der Waals surface area contributed by atoms with Crippen molar-refractivity contribution in [2.75, 3.05) is 0 Å². The van der Waals surface area contributed by atoms with E-state index in [1.807, 2.05) is 6.07 Å². The van der Waals surface area contributed by atoms with Crippen LogP contribution >= 0.6 is 23.1 Å². The van der Waals surface area contributed by atoms with Crippen molar-refractivity contribution < 1.29 is 14.1 Å². The molecule has 10 nitrogen and oxygen atoms in total. The van der Waals surface area contributed by atoms with E-state index < -0.39 is 21.7 Å². The van der Waals surface area contributed by atoms with Crippen LogP contribution in [0.15, 0.2) is 74.3 Å². The molecule has 0 saturated heterocycles. The van der Waals surface area contributed by atoms with Gasteiger partial charge in [-0.15, -0.1) is 11.3 Å². The number of benzene rings is 1. The fourth-order valence-corrected chi connectivity index (χ4v) is 5.32. The van der Waals surface area contributed by atoms with Crippen molar-refractivity contribution in [2.24, 2.45) is 5.41 Å². The molecule has 0 aliphatic carbocycles. The molecule has 4 rings (SSSR count). The van der Waals surface area contributed by atoms with Crippen molar-refractivity contribution in [1.29, 1.82) is 5.26 Å². The molecule has 4 aromatic rings. The third-order valence-corrected chi connectivity index (χ3v) is 7.35. The molecule has 0 saturated carbocycles. The molecule has 0 aliphatic heterocycles. The van der Waals surface area contributed by atoms with E-state index >= 15 is 0 Å². The van der Waals surface area contributed by atoms with Gasteiger partial charge in [-0.2, -0.15) is 5.26 Å². The van der Waals surface area contributed by atoms with Crippen molar-refractivity contribution in [3.05, 3.63) is 96.0 Å². The van der Waals surface area contributed by atoms with Crippen LogP contribution in [-0.2, 0) is 11.3 Å². The summed E-state index contributed by atoms with van der Waals surface area (Å²) in [6, 6.07) is 11.5. The van der Waals surface area contributed by atoms with Crippen LogP contribution in [0, 0.1) is 26.9 Å². The monoisotopic (exact) mass is 547 g/mol. The van der Waals surface area contributed by atoms with Crippen molar-refractivity contribution >= 4 is 46.2 Å². The van der Waals surface area contributed by atoms with Gasteiger partial charge in [0, 0.05) is 23.9 Å². The Morgan fingerprint density at radius 2 is 2.00 bits per heavy atom. The molecule has 0 amide bonds. The van der Waals surface area contributed by atoms with Gasteiger partial charge in [0.05, 0.1) is 27.2 Å². The quantitative estimate of drug-likeness (QED) is 0.193. The zero-order valence-electron chi connectivity index (χ0n) is 20.6. The van der Waals surface area contributed by atoms with Crippen molar-refractivity contribution in [3.63, 3.8) is 0 Å². The summed E-state index contributed by atoms with van der Waals surface area (Å²) >= 11 is 2.03. The molecular weight excluding hydrogens is 526 g/mol. The predicted octanol–water partition coefficient (Wildman–Crippen LogP) is 3.52. The highest BCUT2D eigenvalue weighted by atomic mass is 32.2. The number of nitro benzene ring substituents is 1. The molecular formula is C26H21N5O5S2. The van der Waals surface area contributed by atoms with Gasteiger partial charge in [-0.3, -0.25) is 24.3 Å². The molecule has 0 spiro atoms. The number of aromatic nitrogens is 3. The Labute approximate surface area is 224 Å². The summed E-state index contributed by atoms with van der Waals surface area (Å²) in [5.41, 5.74) is -1.19. The summed E-state index contributed by atoms with van der Waals surface area (Å²) in [6.45, 7) is 5.10. The van der Waals surface area contributed by atoms with E-state index in [2.05, 4.69) is 9.97 Å². The van der Waals surface area contributed by atoms with Gasteiger partial charge < -0.3 is 4.42 Å². The zero-order valence-corrected chi connectivity index (χ0v) is 22.2. The molecule has 192 valence electrons. The van der Waals surface area contributed by atoms with E-state index in [0.717, 1.165) is 23.1 Å². The van der Waals surface area contributed by atoms with Crippen molar-refractivity contribution in [2.45, 2.75) is 37.4 Å². The zero-order chi connectivity index (χ0) is 27.4. The van der Waals surface area contributed by atoms with Crippen LogP contribution in [0.5, 0.6) is 0 Å². The number of thiazole rings is 1. The maximum Gasteiger partial charge on any atom is 0.283 e. The SMILES string of the molecule is CC(C)(C)C(=O)C(C#N)=c1sc(=Cc2ccc(Sc3ncccn3)c([N+](=O)[O-])c2)c(=O)n1Cc1ccco1. The van der Waals surface area contributed by atoms with Crippen LogP contribution in [0.1, 0.15) is 32.1 Å². The first-order valence-electron chi connectivity index (χ1n) is 11.2. The van der Waals surface area contributed by atoms with Gasteiger partial charge in [-0.25, -0.2) is 9.97 Å². The van der Waals surface area contributed by atoms with E-state index in [4.69, 9.17) is 4.42 Å². The lowest BCUT2D eigenvalue weighted by atomic mass is 9.87. The van der Waals surface area contributed by atoms with E-state index in [1.165, 1.54) is 23.0 Å². The molecule has 0 fully saturated rings. The Bertz CT molecular complexity index is 1730. The number of carbonyl (C=O) groups excluding carboxylic acids is 1. The van der Waals surface area contributed by atoms with Crippen LogP contribution in [0.2, 0.25) is 0 Å². The molecule has 0 aliphatic rings. The summed E-state index contributed by atoms with van der Waals surface area (Å²) in [5, 5.41) is 22.0. The number of ketones is 1. The molecule has 0 bridgehead atoms. The largest absolute Gasteiger partial charge is 0.467 e. The van der Waals surface area contributed by atoms with Crippen LogP contribution in [-0.4, -0.2) is 25.2 Å². The minimum absolute atomic E-state index is 0.0148. The number of nitrogens with zero attached hydrogens (tertiary/aromatic N) is 5. The van der Waals surface area contributed by atoms with Crippen LogP contribution in [0.25, 0.3) is 11.6 Å². The number of carbonyl (C=O) groups is 1. The second-order valence-corrected chi connectivity index (χ2v) is 11.1. The van der Waals surface area contributed by atoms with E-state index in [0.29, 0.717) is 21.4 Å². The summed E-state index contributed by atoms with van der Waals surface area (Å²) < 4.78 is 7.12. The highest BCUT2D eigenvalue weighted by molar-refractivity contribution is 7.99. The van der Waals surface area contributed by atoms with Gasteiger partial charge in [0.25, 0.3) is 11.2 Å². The number of Topliss-reactive ketones (excluding diaryl/α,β-unsaturated/α-hetero) is 1. The molecule has 0 unspecified atom stereocenters. The highest BCUT2D eigenvalue weighted by Gasteiger charge is 2.27. The third-order valence-electron chi connectivity index (χ3n) is 5.26. The lowest BCUT2D eigenvalue weighted by Gasteiger charge is -2.15. The fourth-order valence-electron chi connectivity index (χ4n) is 3.42. The number of nitriles is 1. The predicted molar refractivity (Wildman–Crippen MR) is 142 cm³/mol. The number of furan rings is 1. The minimum atomic E-state index is -0.846. The second kappa shape index (κ2) is 11.0. The summed E-state index contributed by atoms with van der Waals surface area (Å²) in [5.74, 6) is 0.0690. The number of hydrogen-bond donors (Lipinski definition) is 0. The molecule has 1 aromatic carbocycles. The lowest BCUT2D eigenvalue weighted by Crippen LogP contribution is -2.34. The minimum Gasteiger partial charge on any atom is -0.467 e. The Balaban J connectivity index is 1.89. The first-order valence-corrected chi connectivity index (χ1v) is 12.9. The maximum atomic E-state index is 13.5. The topological polar surface area (TPSA) is 145 Å². The molecule has 12 heteroatoms. The number of hydrogen-bond acceptors (Lipinski definition) is 10. The number of nitro groups is 1. The van der Waals surface area contributed by atoms with Gasteiger partial charge in [-0.1, -0.05) is 26.8 Å². The van der Waals surface area contributed by atoms with Crippen LogP contribution < -0.4 is 14.8 Å². The first-order chi connectivity index (χ1) is 18.1. The molecule has 0 radical (unpaired) electrons. The Morgan fingerprint density at radius 1 is 1.26 bits per heavy atom. The van der Waals surface area contributed by atoms with Gasteiger partial charge in [0.15, 0.2) is 10.9 Å².